The molecular formula is C16H20N4O5S. The molecule has 0 radical (unpaired) electrons. The highest BCUT2D eigenvalue weighted by Gasteiger charge is 2.43. The van der Waals surface area contributed by atoms with E-state index in [2.05, 4.69) is 5.43 Å². The van der Waals surface area contributed by atoms with Gasteiger partial charge in [0.2, 0.25) is 5.91 Å². The zero-order chi connectivity index (χ0) is 19.4. The maximum Gasteiger partial charge on any atom is 0.270 e. The third-order valence-corrected chi connectivity index (χ3v) is 4.26. The second-order valence-corrected chi connectivity index (χ2v) is 5.83. The highest BCUT2D eigenvalue weighted by molar-refractivity contribution is 7.80. The second-order valence-electron chi connectivity index (χ2n) is 5.46. The smallest absolute Gasteiger partial charge is 0.270 e. The summed E-state index contributed by atoms with van der Waals surface area (Å²) in [4.78, 5) is 37.7. The Kier molecular flexibility index (Phi) is 5.98. The molecule has 3 amide bonds. The normalized spacial score (nSPS) is 16.7. The number of nitrogens with zero attached hydrogens (tertiary/aromatic N) is 2. The molecule has 1 aromatic carbocycles. The van der Waals surface area contributed by atoms with E-state index >= 15 is 0 Å². The summed E-state index contributed by atoms with van der Waals surface area (Å²) >= 11 is 5.25. The predicted molar refractivity (Wildman–Crippen MR) is 96.4 cm³/mol. The number of benzene rings is 1. The Morgan fingerprint density at radius 2 is 1.81 bits per heavy atom. The van der Waals surface area contributed by atoms with Gasteiger partial charge in [0.25, 0.3) is 11.8 Å². The molecule has 1 aliphatic rings. The first-order valence-electron chi connectivity index (χ1n) is 7.79. The first-order chi connectivity index (χ1) is 12.3. The number of carbonyl (C=O) groups excluding carboxylic acids is 3. The Labute approximate surface area is 156 Å². The third-order valence-electron chi connectivity index (χ3n) is 3.85. The molecule has 10 heteroatoms. The lowest BCUT2D eigenvalue weighted by Gasteiger charge is -2.24. The highest BCUT2D eigenvalue weighted by Crippen LogP contribution is 2.23. The van der Waals surface area contributed by atoms with Crippen LogP contribution in [0.15, 0.2) is 18.2 Å². The molecule has 1 unspecified atom stereocenters. The summed E-state index contributed by atoms with van der Waals surface area (Å²) in [6.45, 7) is 2.05. The summed E-state index contributed by atoms with van der Waals surface area (Å²) in [5.74, 6) is -0.743. The Morgan fingerprint density at radius 1 is 1.23 bits per heavy atom. The van der Waals surface area contributed by atoms with E-state index in [1.807, 2.05) is 0 Å². The van der Waals surface area contributed by atoms with Gasteiger partial charge in [-0.3, -0.25) is 24.7 Å². The number of rotatable bonds is 7. The second kappa shape index (κ2) is 8.00. The number of thiocarbonyl (C=S) groups is 1. The van der Waals surface area contributed by atoms with Crippen molar-refractivity contribution in [2.45, 2.75) is 19.4 Å². The van der Waals surface area contributed by atoms with Gasteiger partial charge in [-0.15, -0.1) is 0 Å². The molecule has 0 aromatic heterocycles. The largest absolute Gasteiger partial charge is 0.497 e. The van der Waals surface area contributed by atoms with Crippen molar-refractivity contribution >= 4 is 35.1 Å². The van der Waals surface area contributed by atoms with Crippen LogP contribution in [0.3, 0.4) is 0 Å². The Balaban J connectivity index is 2.29. The van der Waals surface area contributed by atoms with Crippen molar-refractivity contribution in [1.82, 2.24) is 15.3 Å². The Hall–Kier alpha value is -2.88. The SMILES string of the molecule is CCN1C(=O)C(CC(N)=O)N(NC(=O)c2cc(OC)cc(OC)c2)C1=S. The van der Waals surface area contributed by atoms with Crippen LogP contribution in [0.25, 0.3) is 0 Å². The maximum atomic E-state index is 12.6. The quantitative estimate of drug-likeness (QED) is 0.642. The van der Waals surface area contributed by atoms with Crippen LogP contribution in [0.5, 0.6) is 11.5 Å². The lowest BCUT2D eigenvalue weighted by molar-refractivity contribution is -0.131. The Morgan fingerprint density at radius 3 is 2.27 bits per heavy atom. The number of carbonyl (C=O) groups is 3. The van der Waals surface area contributed by atoms with Crippen LogP contribution in [0, 0.1) is 0 Å². The summed E-state index contributed by atoms with van der Waals surface area (Å²) < 4.78 is 10.3. The number of hydrazine groups is 1. The molecule has 1 aromatic rings. The van der Waals surface area contributed by atoms with Crippen LogP contribution in [-0.4, -0.2) is 59.5 Å². The van der Waals surface area contributed by atoms with Gasteiger partial charge in [-0.25, -0.2) is 5.01 Å². The van der Waals surface area contributed by atoms with Crippen LogP contribution in [-0.2, 0) is 9.59 Å². The Bertz CT molecular complexity index is 732. The van der Waals surface area contributed by atoms with E-state index in [1.165, 1.54) is 36.3 Å². The lowest BCUT2D eigenvalue weighted by Crippen LogP contribution is -2.49. The van der Waals surface area contributed by atoms with Gasteiger partial charge in [0.15, 0.2) is 5.11 Å². The molecule has 26 heavy (non-hydrogen) atoms. The van der Waals surface area contributed by atoms with Crippen LogP contribution < -0.4 is 20.6 Å². The van der Waals surface area contributed by atoms with Gasteiger partial charge < -0.3 is 15.2 Å². The number of methoxy groups -OCH3 is 2. The zero-order valence-corrected chi connectivity index (χ0v) is 15.5. The van der Waals surface area contributed by atoms with Crippen molar-refractivity contribution < 1.29 is 23.9 Å². The number of nitrogens with one attached hydrogen (secondary N) is 1. The van der Waals surface area contributed by atoms with E-state index in [4.69, 9.17) is 27.4 Å². The van der Waals surface area contributed by atoms with E-state index in [-0.39, 0.29) is 23.0 Å². The van der Waals surface area contributed by atoms with Crippen molar-refractivity contribution in [3.8, 4) is 11.5 Å². The summed E-state index contributed by atoms with van der Waals surface area (Å²) in [5.41, 5.74) is 8.03. The molecule has 1 saturated heterocycles. The molecule has 1 aliphatic heterocycles. The number of hydrogen-bond acceptors (Lipinski definition) is 6. The maximum absolute atomic E-state index is 12.6. The highest BCUT2D eigenvalue weighted by atomic mass is 32.1. The predicted octanol–water partition coefficient (Wildman–Crippen LogP) is 0.0416. The topological polar surface area (TPSA) is 114 Å². The monoisotopic (exact) mass is 380 g/mol. The summed E-state index contributed by atoms with van der Waals surface area (Å²) in [6.07, 6.45) is -0.267. The number of likely N-dealkylation sites (N-methyl/N-ethyl adjacent to an activating group) is 1. The van der Waals surface area contributed by atoms with Gasteiger partial charge >= 0.3 is 0 Å². The summed E-state index contributed by atoms with van der Waals surface area (Å²) in [7, 11) is 2.93. The fourth-order valence-electron chi connectivity index (χ4n) is 2.55. The fraction of sp³-hybridized carbons (Fsp3) is 0.375. The molecule has 0 saturated carbocycles. The van der Waals surface area contributed by atoms with Crippen LogP contribution >= 0.6 is 12.2 Å². The van der Waals surface area contributed by atoms with Crippen LogP contribution in [0.1, 0.15) is 23.7 Å². The molecule has 1 fully saturated rings. The van der Waals surface area contributed by atoms with E-state index in [9.17, 15) is 14.4 Å². The summed E-state index contributed by atoms with van der Waals surface area (Å²) in [6, 6.07) is 3.67. The minimum absolute atomic E-state index is 0.104. The van der Waals surface area contributed by atoms with E-state index in [0.717, 1.165) is 0 Å². The number of amides is 3. The molecule has 0 spiro atoms. The molecular weight excluding hydrogens is 360 g/mol. The molecule has 1 heterocycles. The van der Waals surface area contributed by atoms with Gasteiger partial charge in [-0.1, -0.05) is 0 Å². The first-order valence-corrected chi connectivity index (χ1v) is 8.20. The molecule has 1 atom stereocenters. The molecule has 0 aliphatic carbocycles. The van der Waals surface area contributed by atoms with Crippen molar-refractivity contribution in [3.05, 3.63) is 23.8 Å². The van der Waals surface area contributed by atoms with Gasteiger partial charge in [0.1, 0.15) is 17.5 Å². The fourth-order valence-corrected chi connectivity index (χ4v) is 2.94. The van der Waals surface area contributed by atoms with Crippen LogP contribution in [0.4, 0.5) is 0 Å². The lowest BCUT2D eigenvalue weighted by atomic mass is 10.2. The molecule has 140 valence electrons. The van der Waals surface area contributed by atoms with Gasteiger partial charge in [0, 0.05) is 18.2 Å². The average molecular weight is 380 g/mol. The number of hydrogen-bond donors (Lipinski definition) is 2. The van der Waals surface area contributed by atoms with E-state index < -0.39 is 17.9 Å². The van der Waals surface area contributed by atoms with Crippen molar-refractivity contribution in [3.63, 3.8) is 0 Å². The minimum Gasteiger partial charge on any atom is -0.497 e. The van der Waals surface area contributed by atoms with Crippen molar-refractivity contribution in [2.24, 2.45) is 5.73 Å². The van der Waals surface area contributed by atoms with Crippen LogP contribution in [0.2, 0.25) is 0 Å². The molecule has 3 N–H and O–H groups in total. The van der Waals surface area contributed by atoms with Crippen molar-refractivity contribution in [1.29, 1.82) is 0 Å². The van der Waals surface area contributed by atoms with E-state index in [0.29, 0.717) is 18.0 Å². The first kappa shape index (κ1) is 19.4. The van der Waals surface area contributed by atoms with E-state index in [1.54, 1.807) is 13.0 Å². The van der Waals surface area contributed by atoms with Gasteiger partial charge in [-0.2, -0.15) is 0 Å². The van der Waals surface area contributed by atoms with Crippen molar-refractivity contribution in [2.75, 3.05) is 20.8 Å². The summed E-state index contributed by atoms with van der Waals surface area (Å²) in [5, 5.41) is 1.30. The average Bonchev–Trinajstić information content (AvgIpc) is 2.84. The molecule has 0 bridgehead atoms. The zero-order valence-electron chi connectivity index (χ0n) is 14.6. The van der Waals surface area contributed by atoms with Gasteiger partial charge in [0.05, 0.1) is 20.6 Å². The molecule has 9 nitrogen and oxygen atoms in total. The molecule has 2 rings (SSSR count). The number of primary amides is 1. The van der Waals surface area contributed by atoms with Gasteiger partial charge in [-0.05, 0) is 31.3 Å². The standard InChI is InChI=1S/C16H20N4O5S/c1-4-19-15(23)12(8-13(17)21)20(16(19)26)18-14(22)9-5-10(24-2)7-11(6-9)25-3/h5-7,12H,4,8H2,1-3H3,(H2,17,21)(H,18,22). The minimum atomic E-state index is -0.976. The number of nitrogens with two attached hydrogens (primary N) is 1. The third kappa shape index (κ3) is 3.85. The number of ether oxygens (including phenoxy) is 2.